The molecule has 15 heavy (non-hydrogen) atoms. The molecule has 6 heteroatoms. The van der Waals surface area contributed by atoms with Crippen LogP contribution in [0.4, 0.5) is 8.78 Å². The van der Waals surface area contributed by atoms with Crippen LogP contribution in [-0.2, 0) is 9.59 Å². The van der Waals surface area contributed by atoms with Gasteiger partial charge in [-0.1, -0.05) is 0 Å². The molecule has 0 aliphatic carbocycles. The molecule has 0 spiro atoms. The maximum Gasteiger partial charge on any atom is 0.331 e. The van der Waals surface area contributed by atoms with E-state index in [4.69, 9.17) is 5.11 Å². The minimum Gasteiger partial charge on any atom is -0.478 e. The summed E-state index contributed by atoms with van der Waals surface area (Å²) in [5.41, 5.74) is -0.174. The molecule has 0 unspecified atom stereocenters. The van der Waals surface area contributed by atoms with Gasteiger partial charge in [-0.2, -0.15) is 0 Å². The highest BCUT2D eigenvalue weighted by Gasteiger charge is 2.18. The summed E-state index contributed by atoms with van der Waals surface area (Å²) in [6.45, 7) is 1.85. The molecule has 0 aromatic heterocycles. The van der Waals surface area contributed by atoms with E-state index in [-0.39, 0.29) is 11.1 Å². The summed E-state index contributed by atoms with van der Waals surface area (Å²) in [7, 11) is 1.20. The van der Waals surface area contributed by atoms with E-state index in [1.807, 2.05) is 0 Å². The van der Waals surface area contributed by atoms with Crippen molar-refractivity contribution >= 4 is 11.9 Å². The Morgan fingerprint density at radius 2 is 1.73 bits per heavy atom. The van der Waals surface area contributed by atoms with E-state index in [9.17, 15) is 18.4 Å². The SMILES string of the molecule is CC(C(=O)O)=C(C)C(=O)N(C)CC(F)F. The summed E-state index contributed by atoms with van der Waals surface area (Å²) in [6.07, 6.45) is -2.63. The Labute approximate surface area is 86.2 Å². The lowest BCUT2D eigenvalue weighted by Gasteiger charge is -2.17. The molecule has 1 amide bonds. The number of likely N-dealkylation sites (N-methyl/N-ethyl adjacent to an activating group) is 1. The third-order valence-electron chi connectivity index (χ3n) is 1.96. The second-order valence-corrected chi connectivity index (χ2v) is 3.13. The Morgan fingerprint density at radius 1 is 1.27 bits per heavy atom. The first-order valence-corrected chi connectivity index (χ1v) is 4.21. The molecule has 1 N–H and O–H groups in total. The fraction of sp³-hybridized carbons (Fsp3) is 0.556. The van der Waals surface area contributed by atoms with E-state index in [0.29, 0.717) is 0 Å². The molecule has 0 atom stereocenters. The minimum atomic E-state index is -2.63. The van der Waals surface area contributed by atoms with Crippen molar-refractivity contribution in [3.8, 4) is 0 Å². The molecule has 0 aliphatic rings. The molecule has 0 radical (unpaired) electrons. The van der Waals surface area contributed by atoms with Gasteiger partial charge in [-0.05, 0) is 13.8 Å². The second kappa shape index (κ2) is 5.43. The fourth-order valence-electron chi connectivity index (χ4n) is 0.897. The molecular weight excluding hydrogens is 208 g/mol. The monoisotopic (exact) mass is 221 g/mol. The summed E-state index contributed by atoms with van der Waals surface area (Å²) in [4.78, 5) is 22.7. The van der Waals surface area contributed by atoms with E-state index in [0.717, 1.165) is 4.90 Å². The van der Waals surface area contributed by atoms with Crippen LogP contribution in [0.25, 0.3) is 0 Å². The number of carbonyl (C=O) groups excluding carboxylic acids is 1. The topological polar surface area (TPSA) is 57.6 Å². The van der Waals surface area contributed by atoms with E-state index in [1.54, 1.807) is 0 Å². The first-order valence-electron chi connectivity index (χ1n) is 4.21. The van der Waals surface area contributed by atoms with Crippen LogP contribution in [0.1, 0.15) is 13.8 Å². The van der Waals surface area contributed by atoms with Crippen LogP contribution >= 0.6 is 0 Å². The number of alkyl halides is 2. The van der Waals surface area contributed by atoms with Crippen LogP contribution in [0.3, 0.4) is 0 Å². The van der Waals surface area contributed by atoms with Crippen molar-refractivity contribution in [3.63, 3.8) is 0 Å². The maximum absolute atomic E-state index is 11.9. The molecule has 0 aromatic carbocycles. The zero-order chi connectivity index (χ0) is 12.2. The van der Waals surface area contributed by atoms with Gasteiger partial charge in [0.05, 0.1) is 6.54 Å². The summed E-state index contributed by atoms with van der Waals surface area (Å²) < 4.78 is 23.9. The number of carboxylic acids is 1. The third-order valence-corrected chi connectivity index (χ3v) is 1.96. The van der Waals surface area contributed by atoms with E-state index < -0.39 is 24.8 Å². The molecule has 0 bridgehead atoms. The Balaban J connectivity index is 4.72. The summed E-state index contributed by atoms with van der Waals surface area (Å²) in [5.74, 6) is -1.93. The van der Waals surface area contributed by atoms with E-state index in [2.05, 4.69) is 0 Å². The standard InChI is InChI=1S/C9H13F2NO3/c1-5(6(2)9(14)15)8(13)12(3)4-7(10)11/h7H,4H2,1-3H3,(H,14,15). The summed E-state index contributed by atoms with van der Waals surface area (Å²) in [6, 6.07) is 0. The smallest absolute Gasteiger partial charge is 0.331 e. The number of carboxylic acid groups (broad SMARTS) is 1. The minimum absolute atomic E-state index is 0.0364. The van der Waals surface area contributed by atoms with Crippen molar-refractivity contribution in [2.45, 2.75) is 20.3 Å². The van der Waals surface area contributed by atoms with Gasteiger partial charge >= 0.3 is 5.97 Å². The zero-order valence-corrected chi connectivity index (χ0v) is 8.75. The van der Waals surface area contributed by atoms with Gasteiger partial charge in [0, 0.05) is 18.2 Å². The van der Waals surface area contributed by atoms with Crippen LogP contribution in [0.5, 0.6) is 0 Å². The van der Waals surface area contributed by atoms with Crippen molar-refractivity contribution in [3.05, 3.63) is 11.1 Å². The van der Waals surface area contributed by atoms with Gasteiger partial charge < -0.3 is 10.0 Å². The lowest BCUT2D eigenvalue weighted by molar-refractivity contribution is -0.133. The normalized spacial score (nSPS) is 12.4. The molecule has 0 saturated heterocycles. The Morgan fingerprint density at radius 3 is 2.07 bits per heavy atom. The van der Waals surface area contributed by atoms with Gasteiger partial charge in [0.1, 0.15) is 0 Å². The molecule has 0 rings (SSSR count). The average molecular weight is 221 g/mol. The van der Waals surface area contributed by atoms with Gasteiger partial charge in [0.2, 0.25) is 5.91 Å². The number of hydrogen-bond donors (Lipinski definition) is 1. The van der Waals surface area contributed by atoms with Crippen LogP contribution in [0.15, 0.2) is 11.1 Å². The maximum atomic E-state index is 11.9. The molecule has 0 saturated carbocycles. The van der Waals surface area contributed by atoms with Gasteiger partial charge in [-0.3, -0.25) is 4.79 Å². The van der Waals surface area contributed by atoms with Crippen molar-refractivity contribution in [2.75, 3.05) is 13.6 Å². The number of amides is 1. The number of hydrogen-bond acceptors (Lipinski definition) is 2. The zero-order valence-electron chi connectivity index (χ0n) is 8.75. The van der Waals surface area contributed by atoms with E-state index >= 15 is 0 Å². The highest BCUT2D eigenvalue weighted by atomic mass is 19.3. The predicted molar refractivity (Wildman–Crippen MR) is 49.7 cm³/mol. The second-order valence-electron chi connectivity index (χ2n) is 3.13. The van der Waals surface area contributed by atoms with Crippen LogP contribution in [0, 0.1) is 0 Å². The lowest BCUT2D eigenvalue weighted by Crippen LogP contribution is -2.32. The Hall–Kier alpha value is -1.46. The molecular formula is C9H13F2NO3. The van der Waals surface area contributed by atoms with Gasteiger partial charge in [0.25, 0.3) is 6.43 Å². The van der Waals surface area contributed by atoms with Crippen LogP contribution < -0.4 is 0 Å². The molecule has 0 aliphatic heterocycles. The molecule has 0 aromatic rings. The molecule has 0 heterocycles. The fourth-order valence-corrected chi connectivity index (χ4v) is 0.897. The van der Waals surface area contributed by atoms with Gasteiger partial charge in [0.15, 0.2) is 0 Å². The highest BCUT2D eigenvalue weighted by molar-refractivity contribution is 6.01. The summed E-state index contributed by atoms with van der Waals surface area (Å²) in [5, 5.41) is 8.59. The average Bonchev–Trinajstić information content (AvgIpc) is 2.13. The first kappa shape index (κ1) is 13.5. The quantitative estimate of drug-likeness (QED) is 0.724. The van der Waals surface area contributed by atoms with E-state index in [1.165, 1.54) is 20.9 Å². The van der Waals surface area contributed by atoms with Crippen molar-refractivity contribution in [1.29, 1.82) is 0 Å². The highest BCUT2D eigenvalue weighted by Crippen LogP contribution is 2.08. The number of halogens is 2. The lowest BCUT2D eigenvalue weighted by atomic mass is 10.1. The number of carbonyl (C=O) groups is 2. The Kier molecular flexibility index (Phi) is 4.90. The number of aliphatic carboxylic acids is 1. The van der Waals surface area contributed by atoms with Gasteiger partial charge in [-0.15, -0.1) is 0 Å². The first-order chi connectivity index (χ1) is 6.77. The Bertz CT molecular complexity index is 300. The van der Waals surface area contributed by atoms with Crippen molar-refractivity contribution in [2.24, 2.45) is 0 Å². The number of nitrogens with zero attached hydrogens (tertiary/aromatic N) is 1. The third kappa shape index (κ3) is 4.05. The predicted octanol–water partition coefficient (Wildman–Crippen LogP) is 1.13. The number of rotatable bonds is 4. The molecule has 0 fully saturated rings. The van der Waals surface area contributed by atoms with Crippen LogP contribution in [0.2, 0.25) is 0 Å². The largest absolute Gasteiger partial charge is 0.478 e. The molecule has 4 nitrogen and oxygen atoms in total. The summed E-state index contributed by atoms with van der Waals surface area (Å²) >= 11 is 0. The molecule has 86 valence electrons. The van der Waals surface area contributed by atoms with Crippen molar-refractivity contribution < 1.29 is 23.5 Å². The van der Waals surface area contributed by atoms with Crippen LogP contribution in [-0.4, -0.2) is 41.9 Å². The van der Waals surface area contributed by atoms with Crippen molar-refractivity contribution in [1.82, 2.24) is 4.90 Å². The van der Waals surface area contributed by atoms with Gasteiger partial charge in [-0.25, -0.2) is 13.6 Å².